The average Bonchev–Trinajstić information content (AvgIpc) is 2.77. The zero-order chi connectivity index (χ0) is 8.67. The van der Waals surface area contributed by atoms with E-state index in [1.165, 1.54) is 26.1 Å². The minimum Gasteiger partial charge on any atom is -0.303 e. The molecule has 3 rings (SSSR count). The van der Waals surface area contributed by atoms with Gasteiger partial charge in [-0.15, -0.1) is 5.10 Å². The van der Waals surface area contributed by atoms with Crippen molar-refractivity contribution >= 4 is 0 Å². The minimum absolute atomic E-state index is 0.775. The van der Waals surface area contributed by atoms with Crippen molar-refractivity contribution in [2.24, 2.45) is 11.8 Å². The van der Waals surface area contributed by atoms with E-state index in [-0.39, 0.29) is 0 Å². The molecule has 3 unspecified atom stereocenters. The van der Waals surface area contributed by atoms with Crippen molar-refractivity contribution in [1.82, 2.24) is 25.1 Å². The molecule has 0 spiro atoms. The molecule has 5 heteroatoms. The molecule has 13 heavy (non-hydrogen) atoms. The SMILES string of the molecule is c1nnnn1CC1CN2CCC1C2. The van der Waals surface area contributed by atoms with Gasteiger partial charge in [-0.05, 0) is 35.2 Å². The van der Waals surface area contributed by atoms with E-state index in [4.69, 9.17) is 0 Å². The fraction of sp³-hybridized carbons (Fsp3) is 0.875. The first kappa shape index (κ1) is 7.44. The van der Waals surface area contributed by atoms with Crippen LogP contribution in [-0.2, 0) is 6.54 Å². The van der Waals surface area contributed by atoms with Gasteiger partial charge in [-0.3, -0.25) is 0 Å². The van der Waals surface area contributed by atoms with E-state index in [1.54, 1.807) is 6.33 Å². The van der Waals surface area contributed by atoms with Crippen LogP contribution in [0.3, 0.4) is 0 Å². The molecule has 3 atom stereocenters. The van der Waals surface area contributed by atoms with Crippen molar-refractivity contribution < 1.29 is 0 Å². The van der Waals surface area contributed by atoms with Gasteiger partial charge in [0.1, 0.15) is 6.33 Å². The molecule has 0 aromatic carbocycles. The molecule has 5 nitrogen and oxygen atoms in total. The number of piperidine rings is 1. The standard InChI is InChI=1S/C8H13N5/c1-2-12-3-7(1)8(4-12)5-13-6-9-10-11-13/h6-8H,1-5H2. The first-order valence-corrected chi connectivity index (χ1v) is 4.85. The second-order valence-corrected chi connectivity index (χ2v) is 4.10. The number of fused-ring (bicyclic) bond motifs is 2. The van der Waals surface area contributed by atoms with Gasteiger partial charge in [0, 0.05) is 19.6 Å². The second-order valence-electron chi connectivity index (χ2n) is 4.10. The summed E-state index contributed by atoms with van der Waals surface area (Å²) >= 11 is 0. The van der Waals surface area contributed by atoms with Gasteiger partial charge in [0.05, 0.1) is 0 Å². The molecule has 3 heterocycles. The molecule has 70 valence electrons. The van der Waals surface area contributed by atoms with Crippen LogP contribution in [0.5, 0.6) is 0 Å². The normalized spacial score (nSPS) is 37.1. The lowest BCUT2D eigenvalue weighted by Gasteiger charge is -2.21. The lowest BCUT2D eigenvalue weighted by atomic mass is 9.93. The Bertz CT molecular complexity index is 283. The van der Waals surface area contributed by atoms with Gasteiger partial charge in [0.15, 0.2) is 0 Å². The summed E-state index contributed by atoms with van der Waals surface area (Å²) < 4.78 is 1.85. The lowest BCUT2D eigenvalue weighted by Crippen LogP contribution is -2.26. The predicted octanol–water partition coefficient (Wildman–Crippen LogP) is -0.375. The predicted molar refractivity (Wildman–Crippen MR) is 45.9 cm³/mol. The highest BCUT2D eigenvalue weighted by molar-refractivity contribution is 4.89. The second kappa shape index (κ2) is 2.77. The largest absolute Gasteiger partial charge is 0.303 e. The number of hydrogen-bond donors (Lipinski definition) is 0. The fourth-order valence-corrected chi connectivity index (χ4v) is 2.60. The lowest BCUT2D eigenvalue weighted by molar-refractivity contribution is 0.268. The summed E-state index contributed by atoms with van der Waals surface area (Å²) in [5.41, 5.74) is 0. The van der Waals surface area contributed by atoms with Crippen LogP contribution in [0.15, 0.2) is 6.33 Å². The van der Waals surface area contributed by atoms with Crippen molar-refractivity contribution in [2.75, 3.05) is 19.6 Å². The van der Waals surface area contributed by atoms with E-state index in [2.05, 4.69) is 20.4 Å². The quantitative estimate of drug-likeness (QED) is 0.621. The molecule has 1 aromatic heterocycles. The molecule has 0 saturated carbocycles. The molecule has 2 bridgehead atoms. The average molecular weight is 179 g/mol. The highest BCUT2D eigenvalue weighted by atomic mass is 15.5. The topological polar surface area (TPSA) is 46.8 Å². The number of aromatic nitrogens is 4. The van der Waals surface area contributed by atoms with E-state index >= 15 is 0 Å². The van der Waals surface area contributed by atoms with E-state index in [0.29, 0.717) is 0 Å². The molecular formula is C8H13N5. The Hall–Kier alpha value is -0.970. The van der Waals surface area contributed by atoms with Crippen LogP contribution in [0, 0.1) is 11.8 Å². The van der Waals surface area contributed by atoms with E-state index in [9.17, 15) is 0 Å². The monoisotopic (exact) mass is 179 g/mol. The highest BCUT2D eigenvalue weighted by Gasteiger charge is 2.37. The molecule has 2 aliphatic heterocycles. The first-order valence-electron chi connectivity index (χ1n) is 4.85. The summed E-state index contributed by atoms with van der Waals surface area (Å²) in [4.78, 5) is 2.54. The Morgan fingerprint density at radius 1 is 1.38 bits per heavy atom. The van der Waals surface area contributed by atoms with Crippen molar-refractivity contribution in [3.63, 3.8) is 0 Å². The van der Waals surface area contributed by atoms with Crippen molar-refractivity contribution in [3.05, 3.63) is 6.33 Å². The molecule has 0 N–H and O–H groups in total. The van der Waals surface area contributed by atoms with Gasteiger partial charge in [0.25, 0.3) is 0 Å². The molecule has 1 aromatic rings. The van der Waals surface area contributed by atoms with Gasteiger partial charge in [-0.25, -0.2) is 4.68 Å². The Morgan fingerprint density at radius 2 is 2.38 bits per heavy atom. The zero-order valence-corrected chi connectivity index (χ0v) is 7.50. The number of rotatable bonds is 2. The maximum absolute atomic E-state index is 3.90. The summed E-state index contributed by atoms with van der Waals surface area (Å²) in [6, 6.07) is 0. The van der Waals surface area contributed by atoms with Gasteiger partial charge < -0.3 is 4.90 Å². The van der Waals surface area contributed by atoms with Gasteiger partial charge in [-0.1, -0.05) is 0 Å². The van der Waals surface area contributed by atoms with Crippen molar-refractivity contribution in [3.8, 4) is 0 Å². The van der Waals surface area contributed by atoms with E-state index in [1.807, 2.05) is 4.68 Å². The third-order valence-corrected chi connectivity index (χ3v) is 3.28. The van der Waals surface area contributed by atoms with Crippen LogP contribution in [0.4, 0.5) is 0 Å². The van der Waals surface area contributed by atoms with E-state index in [0.717, 1.165) is 18.4 Å². The summed E-state index contributed by atoms with van der Waals surface area (Å²) in [7, 11) is 0. The molecule has 2 saturated heterocycles. The summed E-state index contributed by atoms with van der Waals surface area (Å²) in [6.45, 7) is 4.84. The molecule has 0 amide bonds. The van der Waals surface area contributed by atoms with E-state index < -0.39 is 0 Å². The van der Waals surface area contributed by atoms with Crippen LogP contribution >= 0.6 is 0 Å². The maximum atomic E-state index is 3.90. The molecule has 2 aliphatic rings. The number of hydrogen-bond acceptors (Lipinski definition) is 4. The third kappa shape index (κ3) is 1.23. The van der Waals surface area contributed by atoms with Crippen LogP contribution in [0.25, 0.3) is 0 Å². The molecule has 0 radical (unpaired) electrons. The first-order chi connectivity index (χ1) is 6.42. The van der Waals surface area contributed by atoms with Crippen LogP contribution in [0.2, 0.25) is 0 Å². The fourth-order valence-electron chi connectivity index (χ4n) is 2.60. The van der Waals surface area contributed by atoms with Gasteiger partial charge in [-0.2, -0.15) is 0 Å². The molecular weight excluding hydrogens is 166 g/mol. The summed E-state index contributed by atoms with van der Waals surface area (Å²) in [5, 5.41) is 11.2. The highest BCUT2D eigenvalue weighted by Crippen LogP contribution is 2.33. The molecule has 2 fully saturated rings. The van der Waals surface area contributed by atoms with Crippen LogP contribution < -0.4 is 0 Å². The van der Waals surface area contributed by atoms with Crippen LogP contribution in [-0.4, -0.2) is 44.7 Å². The smallest absolute Gasteiger partial charge is 0.138 e. The van der Waals surface area contributed by atoms with Crippen molar-refractivity contribution in [1.29, 1.82) is 0 Å². The molecule has 0 aliphatic carbocycles. The maximum Gasteiger partial charge on any atom is 0.138 e. The Labute approximate surface area is 76.7 Å². The minimum atomic E-state index is 0.775. The zero-order valence-electron chi connectivity index (χ0n) is 7.50. The number of tetrazole rings is 1. The number of nitrogens with zero attached hydrogens (tertiary/aromatic N) is 5. The van der Waals surface area contributed by atoms with Crippen LogP contribution in [0.1, 0.15) is 6.42 Å². The Morgan fingerprint density at radius 3 is 3.00 bits per heavy atom. The Kier molecular flexibility index (Phi) is 1.58. The summed E-state index contributed by atoms with van der Waals surface area (Å²) in [5.74, 6) is 1.67. The van der Waals surface area contributed by atoms with Crippen molar-refractivity contribution in [2.45, 2.75) is 13.0 Å². The van der Waals surface area contributed by atoms with Gasteiger partial charge in [0.2, 0.25) is 0 Å². The third-order valence-electron chi connectivity index (χ3n) is 3.28. The Balaban J connectivity index is 1.68. The summed E-state index contributed by atoms with van der Waals surface area (Å²) in [6.07, 6.45) is 3.08. The van der Waals surface area contributed by atoms with Gasteiger partial charge >= 0.3 is 0 Å².